The van der Waals surface area contributed by atoms with Gasteiger partial charge in [0, 0.05) is 6.42 Å². The molecule has 0 heterocycles. The highest BCUT2D eigenvalue weighted by molar-refractivity contribution is 6.33. The molecule has 0 aromatic heterocycles. The van der Waals surface area contributed by atoms with E-state index in [1.165, 1.54) is 12.1 Å². The zero-order valence-corrected chi connectivity index (χ0v) is 9.56. The molecule has 0 aliphatic heterocycles. The third kappa shape index (κ3) is 4.16. The van der Waals surface area contributed by atoms with Gasteiger partial charge in [-0.05, 0) is 37.6 Å². The summed E-state index contributed by atoms with van der Waals surface area (Å²) in [6, 6.07) is 3.86. The molecule has 0 radical (unpaired) electrons. The number of benzene rings is 1. The van der Waals surface area contributed by atoms with Gasteiger partial charge >= 0.3 is 0 Å². The van der Waals surface area contributed by atoms with Gasteiger partial charge in [-0.15, -0.1) is 0 Å². The highest BCUT2D eigenvalue weighted by Gasteiger charge is 2.06. The van der Waals surface area contributed by atoms with Crippen LogP contribution in [0.1, 0.15) is 19.3 Å². The van der Waals surface area contributed by atoms with E-state index in [2.05, 4.69) is 5.32 Å². The Morgan fingerprint density at radius 2 is 2.19 bits per heavy atom. The van der Waals surface area contributed by atoms with E-state index < -0.39 is 5.82 Å². The molecule has 3 nitrogen and oxygen atoms in total. The fourth-order valence-electron chi connectivity index (χ4n) is 1.23. The van der Waals surface area contributed by atoms with E-state index in [0.29, 0.717) is 18.7 Å². The summed E-state index contributed by atoms with van der Waals surface area (Å²) >= 11 is 5.76. The number of nitrogens with one attached hydrogen (secondary N) is 1. The molecule has 0 aliphatic rings. The van der Waals surface area contributed by atoms with Crippen LogP contribution < -0.4 is 11.1 Å². The monoisotopic (exact) mass is 244 g/mol. The SMILES string of the molecule is NCCCCC(=O)Nc1ccc(F)cc1Cl. The number of carbonyl (C=O) groups is 1. The average Bonchev–Trinajstić information content (AvgIpc) is 2.23. The Balaban J connectivity index is 2.49. The molecule has 0 unspecified atom stereocenters. The lowest BCUT2D eigenvalue weighted by molar-refractivity contribution is -0.116. The number of nitrogens with two attached hydrogens (primary N) is 1. The van der Waals surface area contributed by atoms with Gasteiger partial charge in [0.2, 0.25) is 5.91 Å². The van der Waals surface area contributed by atoms with Gasteiger partial charge in [0.1, 0.15) is 5.82 Å². The molecule has 1 aromatic carbocycles. The van der Waals surface area contributed by atoms with E-state index in [1.807, 2.05) is 0 Å². The number of rotatable bonds is 5. The largest absolute Gasteiger partial charge is 0.330 e. The number of amides is 1. The minimum Gasteiger partial charge on any atom is -0.330 e. The molecular formula is C11H14ClFN2O. The van der Waals surface area contributed by atoms with Crippen LogP contribution in [0.2, 0.25) is 5.02 Å². The van der Waals surface area contributed by atoms with Crippen LogP contribution in [0.4, 0.5) is 10.1 Å². The van der Waals surface area contributed by atoms with Gasteiger partial charge in [-0.3, -0.25) is 4.79 Å². The van der Waals surface area contributed by atoms with Crippen molar-refractivity contribution in [2.45, 2.75) is 19.3 Å². The number of unbranched alkanes of at least 4 members (excludes halogenated alkanes) is 1. The van der Waals surface area contributed by atoms with Crippen molar-refractivity contribution >= 4 is 23.2 Å². The van der Waals surface area contributed by atoms with Crippen molar-refractivity contribution in [2.75, 3.05) is 11.9 Å². The van der Waals surface area contributed by atoms with E-state index >= 15 is 0 Å². The van der Waals surface area contributed by atoms with Crippen LogP contribution in [0.15, 0.2) is 18.2 Å². The predicted molar refractivity (Wildman–Crippen MR) is 62.9 cm³/mol. The van der Waals surface area contributed by atoms with Gasteiger partial charge in [0.25, 0.3) is 0 Å². The summed E-state index contributed by atoms with van der Waals surface area (Å²) in [6.07, 6.45) is 1.94. The first-order valence-electron chi connectivity index (χ1n) is 5.08. The molecule has 0 atom stereocenters. The molecule has 0 bridgehead atoms. The topological polar surface area (TPSA) is 55.1 Å². The molecule has 0 aliphatic carbocycles. The van der Waals surface area contributed by atoms with Crippen molar-refractivity contribution < 1.29 is 9.18 Å². The fourth-order valence-corrected chi connectivity index (χ4v) is 1.45. The van der Waals surface area contributed by atoms with Gasteiger partial charge < -0.3 is 11.1 Å². The molecule has 1 rings (SSSR count). The van der Waals surface area contributed by atoms with Gasteiger partial charge in [-0.25, -0.2) is 4.39 Å². The van der Waals surface area contributed by atoms with Gasteiger partial charge in [0.15, 0.2) is 0 Å². The summed E-state index contributed by atoms with van der Waals surface area (Å²) in [5.41, 5.74) is 5.74. The summed E-state index contributed by atoms with van der Waals surface area (Å²) in [4.78, 5) is 11.4. The average molecular weight is 245 g/mol. The van der Waals surface area contributed by atoms with Crippen molar-refractivity contribution in [3.8, 4) is 0 Å². The lowest BCUT2D eigenvalue weighted by atomic mass is 10.2. The van der Waals surface area contributed by atoms with Crippen LogP contribution in [0.3, 0.4) is 0 Å². The van der Waals surface area contributed by atoms with Gasteiger partial charge in [-0.1, -0.05) is 11.6 Å². The minimum absolute atomic E-state index is 0.137. The number of carbonyl (C=O) groups excluding carboxylic acids is 1. The fraction of sp³-hybridized carbons (Fsp3) is 0.364. The Morgan fingerprint density at radius 3 is 2.81 bits per heavy atom. The van der Waals surface area contributed by atoms with Crippen molar-refractivity contribution in [2.24, 2.45) is 5.73 Å². The minimum atomic E-state index is -0.425. The maximum Gasteiger partial charge on any atom is 0.224 e. The summed E-state index contributed by atoms with van der Waals surface area (Å²) in [6.45, 7) is 0.574. The summed E-state index contributed by atoms with van der Waals surface area (Å²) in [5, 5.41) is 2.82. The second kappa shape index (κ2) is 6.45. The molecule has 88 valence electrons. The third-order valence-electron chi connectivity index (χ3n) is 2.06. The molecule has 3 N–H and O–H groups in total. The van der Waals surface area contributed by atoms with Crippen LogP contribution in [-0.4, -0.2) is 12.5 Å². The Kier molecular flexibility index (Phi) is 5.22. The lowest BCUT2D eigenvalue weighted by Gasteiger charge is -2.06. The van der Waals surface area contributed by atoms with E-state index in [9.17, 15) is 9.18 Å². The standard InChI is InChI=1S/C11H14ClFN2O/c12-9-7-8(13)4-5-10(9)15-11(16)3-1-2-6-14/h4-5,7H,1-3,6,14H2,(H,15,16). The highest BCUT2D eigenvalue weighted by Crippen LogP contribution is 2.22. The van der Waals surface area contributed by atoms with Crippen LogP contribution in [-0.2, 0) is 4.79 Å². The van der Waals surface area contributed by atoms with Gasteiger partial charge in [0.05, 0.1) is 10.7 Å². The smallest absolute Gasteiger partial charge is 0.224 e. The molecule has 1 aromatic rings. The quantitative estimate of drug-likeness (QED) is 0.782. The Labute approximate surface area is 98.8 Å². The first-order valence-corrected chi connectivity index (χ1v) is 5.46. The maximum atomic E-state index is 12.7. The second-order valence-corrected chi connectivity index (χ2v) is 3.83. The van der Waals surface area contributed by atoms with Crippen LogP contribution in [0, 0.1) is 5.82 Å². The van der Waals surface area contributed by atoms with Gasteiger partial charge in [-0.2, -0.15) is 0 Å². The summed E-state index contributed by atoms with van der Waals surface area (Å²) in [7, 11) is 0. The molecule has 0 saturated heterocycles. The van der Waals surface area contributed by atoms with Crippen molar-refractivity contribution in [1.29, 1.82) is 0 Å². The number of hydrogen-bond acceptors (Lipinski definition) is 2. The normalized spacial score (nSPS) is 10.2. The Hall–Kier alpha value is -1.13. The molecular weight excluding hydrogens is 231 g/mol. The predicted octanol–water partition coefficient (Wildman–Crippen LogP) is 2.55. The van der Waals surface area contributed by atoms with Crippen molar-refractivity contribution in [3.05, 3.63) is 29.0 Å². The van der Waals surface area contributed by atoms with E-state index in [0.717, 1.165) is 18.9 Å². The lowest BCUT2D eigenvalue weighted by Crippen LogP contribution is -2.12. The number of halogens is 2. The molecule has 0 saturated carbocycles. The third-order valence-corrected chi connectivity index (χ3v) is 2.38. The second-order valence-electron chi connectivity index (χ2n) is 3.42. The van der Waals surface area contributed by atoms with Crippen LogP contribution in [0.25, 0.3) is 0 Å². The molecule has 0 fully saturated rings. The maximum absolute atomic E-state index is 12.7. The number of anilines is 1. The van der Waals surface area contributed by atoms with E-state index in [1.54, 1.807) is 0 Å². The summed E-state index contributed by atoms with van der Waals surface area (Å²) in [5.74, 6) is -0.562. The molecule has 16 heavy (non-hydrogen) atoms. The molecule has 1 amide bonds. The molecule has 0 spiro atoms. The zero-order valence-electron chi connectivity index (χ0n) is 8.80. The first kappa shape index (κ1) is 12.9. The van der Waals surface area contributed by atoms with Crippen LogP contribution >= 0.6 is 11.6 Å². The zero-order chi connectivity index (χ0) is 12.0. The Morgan fingerprint density at radius 1 is 1.44 bits per heavy atom. The van der Waals surface area contributed by atoms with Crippen molar-refractivity contribution in [1.82, 2.24) is 0 Å². The first-order chi connectivity index (χ1) is 7.63. The summed E-state index contributed by atoms with van der Waals surface area (Å²) < 4.78 is 12.7. The van der Waals surface area contributed by atoms with Crippen molar-refractivity contribution in [3.63, 3.8) is 0 Å². The number of hydrogen-bond donors (Lipinski definition) is 2. The van der Waals surface area contributed by atoms with E-state index in [4.69, 9.17) is 17.3 Å². The molecule has 5 heteroatoms. The highest BCUT2D eigenvalue weighted by atomic mass is 35.5. The van der Waals surface area contributed by atoms with Crippen LogP contribution in [0.5, 0.6) is 0 Å². The Bertz CT molecular complexity index is 371. The van der Waals surface area contributed by atoms with E-state index in [-0.39, 0.29) is 10.9 Å².